The summed E-state index contributed by atoms with van der Waals surface area (Å²) in [4.78, 5) is 31.2. The third-order valence-electron chi connectivity index (χ3n) is 5.13. The highest BCUT2D eigenvalue weighted by atomic mass is 32.1. The van der Waals surface area contributed by atoms with Crippen LogP contribution in [0.1, 0.15) is 15.9 Å². The molecule has 0 saturated carbocycles. The second kappa shape index (κ2) is 7.90. The van der Waals surface area contributed by atoms with Crippen LogP contribution in [0.3, 0.4) is 0 Å². The molecule has 0 aliphatic carbocycles. The van der Waals surface area contributed by atoms with Gasteiger partial charge in [0.2, 0.25) is 0 Å². The number of benzene rings is 2. The van der Waals surface area contributed by atoms with E-state index in [0.29, 0.717) is 16.4 Å². The molecule has 2 aromatic carbocycles. The highest BCUT2D eigenvalue weighted by Gasteiger charge is 2.25. The summed E-state index contributed by atoms with van der Waals surface area (Å²) >= 11 is 1.46. The van der Waals surface area contributed by atoms with Gasteiger partial charge in [-0.15, -0.1) is 0 Å². The molecular formula is C24H18N4O3S. The second-order valence-corrected chi connectivity index (χ2v) is 8.27. The fourth-order valence-electron chi connectivity index (χ4n) is 3.46. The van der Waals surface area contributed by atoms with Crippen LogP contribution in [-0.2, 0) is 4.74 Å². The maximum atomic E-state index is 13.2. The van der Waals surface area contributed by atoms with Gasteiger partial charge < -0.3 is 4.74 Å². The number of fused-ring (bicyclic) bond motifs is 1. The first-order valence-corrected chi connectivity index (χ1v) is 10.7. The molecule has 0 atom stereocenters. The zero-order valence-corrected chi connectivity index (χ0v) is 18.2. The number of rotatable bonds is 4. The Kier molecular flexibility index (Phi) is 4.91. The number of carbonyl (C=O) groups excluding carboxylic acids is 1. The highest BCUT2D eigenvalue weighted by Crippen LogP contribution is 2.30. The number of thiazole rings is 1. The van der Waals surface area contributed by atoms with Gasteiger partial charge in [-0.25, -0.2) is 9.78 Å². The maximum absolute atomic E-state index is 13.2. The minimum atomic E-state index is -0.572. The molecule has 32 heavy (non-hydrogen) atoms. The van der Waals surface area contributed by atoms with E-state index >= 15 is 0 Å². The monoisotopic (exact) mass is 442 g/mol. The molecule has 3 heterocycles. The third kappa shape index (κ3) is 3.40. The SMILES string of the molecule is COC(=O)c1cn(-c2ncc(-c3ccc(C)cc3)s2)cc2c(=O)n(-c3ccccc3)nc1-2. The molecule has 0 bridgehead atoms. The van der Waals surface area contributed by atoms with Gasteiger partial charge in [-0.2, -0.15) is 9.78 Å². The normalized spacial score (nSPS) is 11.1. The van der Waals surface area contributed by atoms with Gasteiger partial charge in [0.05, 0.1) is 23.2 Å². The molecule has 0 amide bonds. The van der Waals surface area contributed by atoms with Crippen molar-refractivity contribution in [1.82, 2.24) is 19.3 Å². The number of aryl methyl sites for hydroxylation is 1. The van der Waals surface area contributed by atoms with Gasteiger partial charge in [-0.05, 0) is 24.6 Å². The van der Waals surface area contributed by atoms with E-state index in [-0.39, 0.29) is 16.8 Å². The first-order valence-electron chi connectivity index (χ1n) is 9.87. The zero-order valence-electron chi connectivity index (χ0n) is 17.4. The van der Waals surface area contributed by atoms with Gasteiger partial charge in [0, 0.05) is 18.6 Å². The van der Waals surface area contributed by atoms with Crippen LogP contribution < -0.4 is 5.56 Å². The summed E-state index contributed by atoms with van der Waals surface area (Å²) in [7, 11) is 1.30. The van der Waals surface area contributed by atoms with Crippen molar-refractivity contribution >= 4 is 17.3 Å². The average Bonchev–Trinajstić information content (AvgIpc) is 3.44. The van der Waals surface area contributed by atoms with Gasteiger partial charge >= 0.3 is 5.97 Å². The highest BCUT2D eigenvalue weighted by molar-refractivity contribution is 7.17. The summed E-state index contributed by atoms with van der Waals surface area (Å²) < 4.78 is 7.92. The number of aromatic nitrogens is 4. The van der Waals surface area contributed by atoms with E-state index in [9.17, 15) is 9.59 Å². The Bertz CT molecular complexity index is 1450. The second-order valence-electron chi connectivity index (χ2n) is 7.26. The Labute approximate surface area is 187 Å². The summed E-state index contributed by atoms with van der Waals surface area (Å²) in [5, 5.41) is 5.04. The standard InChI is InChI=1S/C24H18N4O3S/c1-15-8-10-16(11-9-15)20-12-25-24(32-20)27-13-18-21(19(14-27)23(30)31-2)26-28(22(18)29)17-6-4-3-5-7-17/h3-14H,1-2H3. The van der Waals surface area contributed by atoms with Crippen molar-refractivity contribution in [1.29, 1.82) is 0 Å². The number of hydrogen-bond donors (Lipinski definition) is 0. The van der Waals surface area contributed by atoms with Gasteiger partial charge in [-0.3, -0.25) is 9.36 Å². The van der Waals surface area contributed by atoms with Crippen LogP contribution in [0.5, 0.6) is 0 Å². The van der Waals surface area contributed by atoms with Crippen molar-refractivity contribution < 1.29 is 9.53 Å². The van der Waals surface area contributed by atoms with Crippen molar-refractivity contribution in [3.05, 3.63) is 94.7 Å². The van der Waals surface area contributed by atoms with Crippen LogP contribution >= 0.6 is 11.3 Å². The lowest BCUT2D eigenvalue weighted by molar-refractivity contribution is 0.0600. The largest absolute Gasteiger partial charge is 0.465 e. The van der Waals surface area contributed by atoms with Crippen molar-refractivity contribution in [3.63, 3.8) is 0 Å². The predicted octanol–water partition coefficient (Wildman–Crippen LogP) is 4.35. The third-order valence-corrected chi connectivity index (χ3v) is 6.19. The molecule has 158 valence electrons. The number of methoxy groups -OCH3 is 1. The van der Waals surface area contributed by atoms with Crippen LogP contribution in [0.25, 0.3) is 32.5 Å². The van der Waals surface area contributed by atoms with Crippen LogP contribution in [0.2, 0.25) is 0 Å². The smallest absolute Gasteiger partial charge is 0.341 e. The Hall–Kier alpha value is -4.04. The average molecular weight is 443 g/mol. The lowest BCUT2D eigenvalue weighted by Crippen LogP contribution is -2.15. The van der Waals surface area contributed by atoms with Gasteiger partial charge in [0.1, 0.15) is 11.3 Å². The van der Waals surface area contributed by atoms with Crippen molar-refractivity contribution in [2.24, 2.45) is 0 Å². The lowest BCUT2D eigenvalue weighted by Gasteiger charge is -2.09. The number of para-hydroxylation sites is 1. The molecule has 0 fully saturated rings. The van der Waals surface area contributed by atoms with Crippen LogP contribution in [-0.4, -0.2) is 32.4 Å². The summed E-state index contributed by atoms with van der Waals surface area (Å²) in [6.45, 7) is 2.04. The van der Waals surface area contributed by atoms with Crippen LogP contribution in [0.15, 0.2) is 78.0 Å². The first-order chi connectivity index (χ1) is 15.5. The van der Waals surface area contributed by atoms with E-state index in [1.54, 1.807) is 35.3 Å². The molecule has 2 aliphatic rings. The predicted molar refractivity (Wildman–Crippen MR) is 123 cm³/mol. The van der Waals surface area contributed by atoms with Crippen molar-refractivity contribution in [2.75, 3.05) is 7.11 Å². The van der Waals surface area contributed by atoms with Crippen LogP contribution in [0, 0.1) is 6.92 Å². The molecule has 0 spiro atoms. The molecule has 2 aliphatic heterocycles. The molecule has 3 aromatic rings. The molecule has 8 heteroatoms. The molecule has 0 saturated heterocycles. The minimum Gasteiger partial charge on any atom is -0.465 e. The lowest BCUT2D eigenvalue weighted by atomic mass is 10.1. The number of pyridine rings is 1. The Morgan fingerprint density at radius 3 is 2.50 bits per heavy atom. The topological polar surface area (TPSA) is 79.0 Å². The molecule has 0 radical (unpaired) electrons. The Balaban J connectivity index is 1.67. The molecule has 5 rings (SSSR count). The number of hydrogen-bond acceptors (Lipinski definition) is 6. The van der Waals surface area contributed by atoms with Crippen LogP contribution in [0.4, 0.5) is 0 Å². The minimum absolute atomic E-state index is 0.198. The summed E-state index contributed by atoms with van der Waals surface area (Å²) in [5.74, 6) is -0.572. The van der Waals surface area contributed by atoms with E-state index in [1.807, 2.05) is 49.4 Å². The van der Waals surface area contributed by atoms with Gasteiger partial charge in [0.25, 0.3) is 5.56 Å². The van der Waals surface area contributed by atoms with E-state index in [2.05, 4.69) is 10.1 Å². The quantitative estimate of drug-likeness (QED) is 0.387. The summed E-state index contributed by atoms with van der Waals surface area (Å²) in [5.41, 5.74) is 3.33. The molecule has 7 nitrogen and oxygen atoms in total. The van der Waals surface area contributed by atoms with Gasteiger partial charge in [-0.1, -0.05) is 59.4 Å². The molecular weight excluding hydrogens is 424 g/mol. The van der Waals surface area contributed by atoms with E-state index in [0.717, 1.165) is 10.4 Å². The first kappa shape index (κ1) is 19.9. The molecule has 0 unspecified atom stereocenters. The summed E-state index contributed by atoms with van der Waals surface area (Å²) in [6.07, 6.45) is 5.05. The van der Waals surface area contributed by atoms with E-state index < -0.39 is 5.97 Å². The van der Waals surface area contributed by atoms with Crippen molar-refractivity contribution in [2.45, 2.75) is 6.92 Å². The molecule has 1 aromatic heterocycles. The van der Waals surface area contributed by atoms with Gasteiger partial charge in [0.15, 0.2) is 5.13 Å². The Morgan fingerprint density at radius 1 is 1.03 bits per heavy atom. The number of ether oxygens (including phenoxy) is 1. The fourth-order valence-corrected chi connectivity index (χ4v) is 4.33. The van der Waals surface area contributed by atoms with E-state index in [4.69, 9.17) is 4.74 Å². The Morgan fingerprint density at radius 2 is 1.78 bits per heavy atom. The number of esters is 1. The number of carbonyl (C=O) groups is 1. The summed E-state index contributed by atoms with van der Waals surface area (Å²) in [6, 6.07) is 17.3. The zero-order chi connectivity index (χ0) is 22.2. The van der Waals surface area contributed by atoms with Crippen molar-refractivity contribution in [3.8, 4) is 32.5 Å². The molecule has 0 N–H and O–H groups in total. The fraction of sp³-hybridized carbons (Fsp3) is 0.0833. The van der Waals surface area contributed by atoms with E-state index in [1.165, 1.54) is 28.7 Å². The number of nitrogens with zero attached hydrogens (tertiary/aromatic N) is 4. The maximum Gasteiger partial charge on any atom is 0.341 e.